The van der Waals surface area contributed by atoms with E-state index in [1.165, 1.54) is 22.8 Å². The number of allylic oxidation sites excluding steroid dienone is 5. The molecule has 99 heavy (non-hydrogen) atoms. The molecule has 0 aromatic carbocycles. The van der Waals surface area contributed by atoms with Crippen molar-refractivity contribution >= 4 is 28.8 Å². The number of aromatic nitrogens is 5. The van der Waals surface area contributed by atoms with Gasteiger partial charge in [0.05, 0.1) is 37.2 Å². The van der Waals surface area contributed by atoms with E-state index < -0.39 is 0 Å². The molecule has 0 amide bonds. The monoisotopic (exact) mass is 1340 g/mol. The van der Waals surface area contributed by atoms with E-state index in [1.54, 1.807) is 24.9 Å². The van der Waals surface area contributed by atoms with E-state index in [9.17, 15) is 4.79 Å². The second-order valence-corrected chi connectivity index (χ2v) is 32.7. The van der Waals surface area contributed by atoms with E-state index in [2.05, 4.69) is 277 Å². The molecule has 526 valence electrons. The van der Waals surface area contributed by atoms with Crippen LogP contribution in [-0.4, -0.2) is 79.6 Å². The summed E-state index contributed by atoms with van der Waals surface area (Å²) >= 11 is 0. The predicted octanol–water partition coefficient (Wildman–Crippen LogP) is 18.0. The average molecular weight is 1340 g/mol. The van der Waals surface area contributed by atoms with Gasteiger partial charge in [0.1, 0.15) is 41.5 Å². The number of terminal acetylenes is 8. The topological polar surface area (TPSA) is 183 Å². The molecule has 5 aliphatic heterocycles. The van der Waals surface area contributed by atoms with Gasteiger partial charge < -0.3 is 23.1 Å². The fraction of sp³-hybridized carbons (Fsp3) is 0.494. The zero-order valence-corrected chi connectivity index (χ0v) is 64.6. The molecule has 1 N–H and O–H groups in total. The van der Waals surface area contributed by atoms with Crippen molar-refractivity contribution in [2.45, 2.75) is 228 Å². The van der Waals surface area contributed by atoms with Gasteiger partial charge in [0.2, 0.25) is 0 Å². The van der Waals surface area contributed by atoms with E-state index in [-0.39, 0.29) is 60.8 Å². The molecule has 0 fully saturated rings. The average Bonchev–Trinajstić information content (AvgIpc) is 1.84. The molecule has 5 aliphatic rings. The molecule has 1 unspecified atom stereocenters. The van der Waals surface area contributed by atoms with Crippen molar-refractivity contribution in [1.82, 2.24) is 25.1 Å². The molecule has 0 saturated heterocycles. The first kappa shape index (κ1) is 87.2. The lowest BCUT2D eigenvalue weighted by molar-refractivity contribution is -0.149. The number of H-pyrrole nitrogens is 1. The summed E-state index contributed by atoms with van der Waals surface area (Å²) in [6.45, 7) is 59.2. The van der Waals surface area contributed by atoms with E-state index in [0.717, 1.165) is 83.7 Å². The maximum absolute atomic E-state index is 10.8. The van der Waals surface area contributed by atoms with Gasteiger partial charge in [-0.25, -0.2) is 24.7 Å². The molecule has 9 heterocycles. The highest BCUT2D eigenvalue weighted by Crippen LogP contribution is 2.33. The molecule has 14 heteroatoms. The summed E-state index contributed by atoms with van der Waals surface area (Å²) in [4.78, 5) is 42.8. The van der Waals surface area contributed by atoms with Crippen LogP contribution in [0.1, 0.15) is 246 Å². The van der Waals surface area contributed by atoms with Crippen molar-refractivity contribution in [2.75, 3.05) is 19.6 Å². The van der Waals surface area contributed by atoms with Gasteiger partial charge in [0, 0.05) is 63.7 Å². The number of esters is 1. The van der Waals surface area contributed by atoms with Crippen molar-refractivity contribution in [3.63, 3.8) is 0 Å². The summed E-state index contributed by atoms with van der Waals surface area (Å²) in [7, 11) is 0. The number of aliphatic imine (C=N–C) groups is 4. The number of aromatic amines is 1. The minimum atomic E-state index is -0.212. The third-order valence-electron chi connectivity index (χ3n) is 14.6. The maximum atomic E-state index is 10.8. The number of nitrogens with zero attached hydrogens (tertiary/aromatic N) is 8. The molecule has 0 bridgehead atoms. The van der Waals surface area contributed by atoms with Gasteiger partial charge >= 0.3 is 5.97 Å². The molecule has 4 aromatic rings. The van der Waals surface area contributed by atoms with E-state index in [1.807, 2.05) is 32.9 Å². The molecule has 0 aliphatic carbocycles. The number of hydrogen-bond acceptors (Lipinski definition) is 13. The summed E-state index contributed by atoms with van der Waals surface area (Å²) in [5.74, 6) is 21.9. The fourth-order valence-corrected chi connectivity index (χ4v) is 8.42. The number of carbonyl (C=O) groups excluding carboxylic acids is 1. The minimum absolute atomic E-state index is 0.0118. The van der Waals surface area contributed by atoms with Gasteiger partial charge in [0.15, 0.2) is 11.5 Å². The number of hydrogen-bond donors (Lipinski definition) is 1. The molecule has 9 rings (SSSR count). The van der Waals surface area contributed by atoms with Crippen LogP contribution in [0.15, 0.2) is 117 Å². The minimum Gasteiger partial charge on any atom is -0.458 e. The lowest BCUT2D eigenvalue weighted by Crippen LogP contribution is -2.32. The third-order valence-corrected chi connectivity index (χ3v) is 14.6. The molecule has 14 nitrogen and oxygen atoms in total. The van der Waals surface area contributed by atoms with Crippen molar-refractivity contribution in [3.8, 4) is 98.8 Å². The highest BCUT2D eigenvalue weighted by atomic mass is 16.5. The number of ether oxygens (including phenoxy) is 1. The summed E-state index contributed by atoms with van der Waals surface area (Å²) in [5, 5.41) is 3.69. The van der Waals surface area contributed by atoms with Crippen LogP contribution in [0.5, 0.6) is 0 Å². The molecule has 0 saturated carbocycles. The second kappa shape index (κ2) is 37.2. The Morgan fingerprint density at radius 2 is 1.09 bits per heavy atom. The van der Waals surface area contributed by atoms with Crippen LogP contribution >= 0.6 is 0 Å². The number of cyclic esters (lactones) is 1. The van der Waals surface area contributed by atoms with Gasteiger partial charge in [-0.1, -0.05) is 240 Å². The Balaban J connectivity index is 0.000000557. The van der Waals surface area contributed by atoms with Crippen LogP contribution in [0.25, 0.3) is 0 Å². The summed E-state index contributed by atoms with van der Waals surface area (Å²) in [6.07, 6.45) is 61.7. The van der Waals surface area contributed by atoms with E-state index in [4.69, 9.17) is 69.5 Å². The second-order valence-electron chi connectivity index (χ2n) is 32.7. The first-order valence-electron chi connectivity index (χ1n) is 32.9. The first-order valence-corrected chi connectivity index (χ1v) is 32.9. The molecule has 4 aromatic heterocycles. The molecular formula is C85H111N9O5. The maximum Gasteiger partial charge on any atom is 0.330 e. The number of imidazole rings is 1. The van der Waals surface area contributed by atoms with E-state index in [0.29, 0.717) is 23.3 Å². The quantitative estimate of drug-likeness (QED) is 0.132. The zero-order valence-electron chi connectivity index (χ0n) is 64.6. The summed E-state index contributed by atoms with van der Waals surface area (Å²) in [5.41, 5.74) is 12.5. The molecule has 0 radical (unpaired) electrons. The van der Waals surface area contributed by atoms with Gasteiger partial charge in [-0.05, 0) is 73.6 Å². The highest BCUT2D eigenvalue weighted by molar-refractivity contribution is 6.15. The zero-order chi connectivity index (χ0) is 76.3. The predicted molar refractivity (Wildman–Crippen MR) is 412 cm³/mol. The largest absolute Gasteiger partial charge is 0.458 e. The lowest BCUT2D eigenvalue weighted by atomic mass is 9.84. The number of nitrogens with one attached hydrogen (secondary N) is 1. The van der Waals surface area contributed by atoms with Gasteiger partial charge in [-0.3, -0.25) is 15.0 Å². The Morgan fingerprint density at radius 3 is 1.36 bits per heavy atom. The van der Waals surface area contributed by atoms with Crippen molar-refractivity contribution in [1.29, 1.82) is 0 Å². The summed E-state index contributed by atoms with van der Waals surface area (Å²) < 4.78 is 20.1. The first-order chi connectivity index (χ1) is 45.3. The SMILES string of the molecule is C#CC1=NC(C(C)(C)C)=CC1.C#CC1=NCC(C(C)(C)C)=C1.C#CC1=NCC=C1C(C)(C)C.C#CC1=NCC=C1C(C)(C)C.C#Cc1nc(C(C)(C)C)co1.C#Cc1ncc(C(C)(C)C)[nH]1.C#Cc1ncc(C(C)(C)C)o1.C#Cc1nocc1C(C)(C)C.CC(C)(C)C1CC=CC(=O)O1. The fourth-order valence-electron chi connectivity index (χ4n) is 8.42. The third kappa shape index (κ3) is 31.1. The Kier molecular flexibility index (Phi) is 32.8. The number of carbonyl (C=O) groups is 1. The Labute approximate surface area is 596 Å². The van der Waals surface area contributed by atoms with Gasteiger partial charge in [0.25, 0.3) is 11.8 Å². The number of rotatable bonds is 0. The summed E-state index contributed by atoms with van der Waals surface area (Å²) in [6, 6.07) is 0. The Hall–Kier alpha value is -9.83. The van der Waals surface area contributed by atoms with Crippen LogP contribution in [0, 0.1) is 126 Å². The Morgan fingerprint density at radius 1 is 0.535 bits per heavy atom. The molecule has 1 atom stereocenters. The van der Waals surface area contributed by atoms with Crippen LogP contribution in [0.3, 0.4) is 0 Å². The number of oxazole rings is 2. The Bertz CT molecular complexity index is 3810. The normalized spacial score (nSPS) is 15.4. The van der Waals surface area contributed by atoms with Crippen molar-refractivity contribution < 1.29 is 22.9 Å². The molecular weight excluding hydrogens is 1230 g/mol. The van der Waals surface area contributed by atoms with Crippen LogP contribution in [0.2, 0.25) is 0 Å². The standard InChI is InChI=1S/4C10H13N.C9H12N2.3C9H11NO.C9H14O2/c1-5-9-6-8(7-11-9)10(2,3)4;2*1-5-9-8(6-7-11-9)10(2,3)4;1-5-8-6-7-9(11-8)10(2,3)4;1-5-8-10-6-7(11-8)9(2,3)4;1-5-8-10-7(6-11-8)9(2,3)4;1-5-8-10-6-7(11-8)9(2,3)4;1-5-8-7(6-11-10-8)9(2,3)4;1-9(2,3)7-5-4-6-8(10)11-7/h3*1,6H,7H2,2-4H3;1,7H,6H2,2-4H3;1,6H,2-4H3,(H,10,11);3*1,6H,2-4H3;4,6-7H,5H2,1-3H3. The lowest BCUT2D eigenvalue weighted by Gasteiger charge is -2.30. The van der Waals surface area contributed by atoms with Crippen molar-refractivity contribution in [2.24, 2.45) is 47.0 Å². The van der Waals surface area contributed by atoms with Crippen LogP contribution in [-0.2, 0) is 31.2 Å². The van der Waals surface area contributed by atoms with Crippen LogP contribution < -0.4 is 0 Å². The van der Waals surface area contributed by atoms with Crippen molar-refractivity contribution in [3.05, 3.63) is 130 Å². The van der Waals surface area contributed by atoms with Gasteiger partial charge in [-0.15, -0.1) is 51.4 Å². The highest BCUT2D eigenvalue weighted by Gasteiger charge is 2.30. The van der Waals surface area contributed by atoms with Gasteiger partial charge in [-0.2, -0.15) is 0 Å². The smallest absolute Gasteiger partial charge is 0.330 e. The van der Waals surface area contributed by atoms with E-state index >= 15 is 0 Å². The molecule has 0 spiro atoms. The van der Waals surface area contributed by atoms with Crippen LogP contribution in [0.4, 0.5) is 0 Å².